The molecule has 3 aromatic rings. The molecule has 3 heterocycles. The number of nitrogen functional groups attached to an aromatic ring is 1. The molecule has 2 aromatic heterocycles. The van der Waals surface area contributed by atoms with Crippen molar-refractivity contribution in [2.24, 2.45) is 17.6 Å². The standard InChI is InChI=1S/C44H70N10O7/c1-8-9-24-60-35-25-34-37(38(46)50-35)51-42(58)54(34)27-32-15-13-31(14-16-32)26-53-22-18-30(19-23-53)17-21-47-40(56)33(12-10-11-20-45)49-39(55)29(4)48-41(57)36(28(2)3)52-43(59)61-44(5,6)7/h13-16,25,28-30,33,36H,8-12,17-24,26-27,45H2,1-7H3,(H2,46,50)(H,47,56)(H,48,57)(H,49,55)(H,51,58)(H,52,59)/t29-,33-,36-/m0/s1. The van der Waals surface area contributed by atoms with Crippen LogP contribution in [0.1, 0.15) is 111 Å². The molecule has 0 bridgehead atoms. The number of H-pyrrole nitrogens is 1. The van der Waals surface area contributed by atoms with Crippen LogP contribution < -0.4 is 43.2 Å². The first-order chi connectivity index (χ1) is 29.0. The molecule has 4 amide bonds. The number of carbonyl (C=O) groups is 4. The van der Waals surface area contributed by atoms with E-state index >= 15 is 0 Å². The highest BCUT2D eigenvalue weighted by Crippen LogP contribution is 2.24. The van der Waals surface area contributed by atoms with E-state index in [1.165, 1.54) is 5.56 Å². The molecule has 1 fully saturated rings. The Bertz CT molecular complexity index is 1950. The summed E-state index contributed by atoms with van der Waals surface area (Å²) in [6.07, 6.45) is 5.78. The van der Waals surface area contributed by atoms with Crippen molar-refractivity contribution in [2.75, 3.05) is 38.5 Å². The van der Waals surface area contributed by atoms with Gasteiger partial charge in [-0.25, -0.2) is 9.59 Å². The fourth-order valence-electron chi connectivity index (χ4n) is 7.25. The van der Waals surface area contributed by atoms with Crippen LogP contribution >= 0.6 is 0 Å². The summed E-state index contributed by atoms with van der Waals surface area (Å²) in [6, 6.07) is 7.42. The number of hydrogen-bond acceptors (Lipinski definition) is 11. The van der Waals surface area contributed by atoms with Crippen molar-refractivity contribution >= 4 is 40.7 Å². The second-order valence-corrected chi connectivity index (χ2v) is 17.5. The summed E-state index contributed by atoms with van der Waals surface area (Å²) in [5.41, 5.74) is 14.2. The minimum atomic E-state index is -0.957. The fourth-order valence-corrected chi connectivity index (χ4v) is 7.25. The Balaban J connectivity index is 1.22. The van der Waals surface area contributed by atoms with Crippen molar-refractivity contribution in [2.45, 2.75) is 137 Å². The minimum absolute atomic E-state index is 0.233. The topological polar surface area (TPSA) is 241 Å². The van der Waals surface area contributed by atoms with Gasteiger partial charge in [0.1, 0.15) is 29.2 Å². The van der Waals surface area contributed by atoms with Gasteiger partial charge in [-0.2, -0.15) is 4.98 Å². The highest BCUT2D eigenvalue weighted by Gasteiger charge is 2.30. The van der Waals surface area contributed by atoms with E-state index in [1.807, 2.05) is 0 Å². The number of carbonyl (C=O) groups excluding carboxylic acids is 4. The molecule has 3 atom stereocenters. The number of benzene rings is 1. The van der Waals surface area contributed by atoms with E-state index in [4.69, 9.17) is 20.9 Å². The van der Waals surface area contributed by atoms with Crippen LogP contribution in [-0.4, -0.2) is 99.8 Å². The van der Waals surface area contributed by atoms with Crippen molar-refractivity contribution in [3.8, 4) is 5.88 Å². The van der Waals surface area contributed by atoms with Crippen LogP contribution in [0.3, 0.4) is 0 Å². The van der Waals surface area contributed by atoms with E-state index in [0.29, 0.717) is 68.3 Å². The third kappa shape index (κ3) is 15.4. The molecule has 0 saturated carbocycles. The number of nitrogens with zero attached hydrogens (tertiary/aromatic N) is 3. The second-order valence-electron chi connectivity index (χ2n) is 17.5. The quantitative estimate of drug-likeness (QED) is 0.0715. The number of hydrogen-bond donors (Lipinski definition) is 7. The lowest BCUT2D eigenvalue weighted by Gasteiger charge is -2.32. The number of amides is 4. The number of aromatic nitrogens is 3. The maximum absolute atomic E-state index is 13.4. The van der Waals surface area contributed by atoms with Crippen molar-refractivity contribution in [1.29, 1.82) is 0 Å². The summed E-state index contributed by atoms with van der Waals surface area (Å²) in [5, 5.41) is 11.1. The van der Waals surface area contributed by atoms with Crippen LogP contribution in [0.2, 0.25) is 0 Å². The van der Waals surface area contributed by atoms with Crippen molar-refractivity contribution in [3.63, 3.8) is 0 Å². The first-order valence-corrected chi connectivity index (χ1v) is 21.9. The van der Waals surface area contributed by atoms with Crippen LogP contribution in [0.5, 0.6) is 5.88 Å². The number of ether oxygens (including phenoxy) is 2. The van der Waals surface area contributed by atoms with E-state index in [0.717, 1.165) is 57.3 Å². The Morgan fingerprint density at radius 1 is 0.934 bits per heavy atom. The number of alkyl carbamates (subject to hydrolysis) is 1. The van der Waals surface area contributed by atoms with Crippen molar-refractivity contribution in [3.05, 3.63) is 51.9 Å². The molecule has 0 aliphatic carbocycles. The lowest BCUT2D eigenvalue weighted by atomic mass is 9.93. The third-order valence-electron chi connectivity index (χ3n) is 10.8. The van der Waals surface area contributed by atoms with Crippen LogP contribution in [0, 0.1) is 11.8 Å². The number of imidazole rings is 1. The molecule has 1 saturated heterocycles. The Kier molecular flexibility index (Phi) is 18.4. The molecule has 1 aliphatic heterocycles. The summed E-state index contributed by atoms with van der Waals surface area (Å²) in [7, 11) is 0. The molecule has 1 aliphatic rings. The van der Waals surface area contributed by atoms with Gasteiger partial charge in [-0.05, 0) is 115 Å². The summed E-state index contributed by atoms with van der Waals surface area (Å²) in [6.45, 7) is 17.0. The van der Waals surface area contributed by atoms with Gasteiger partial charge in [0.15, 0.2) is 5.82 Å². The molecule has 61 heavy (non-hydrogen) atoms. The molecule has 4 rings (SSSR count). The average Bonchev–Trinajstić information content (AvgIpc) is 3.51. The highest BCUT2D eigenvalue weighted by molar-refractivity contribution is 5.93. The maximum atomic E-state index is 13.4. The van der Waals surface area contributed by atoms with Gasteiger partial charge in [0.25, 0.3) is 0 Å². The molecule has 1 aromatic carbocycles. The number of fused-ring (bicyclic) bond motifs is 1. The molecular weight excluding hydrogens is 781 g/mol. The highest BCUT2D eigenvalue weighted by atomic mass is 16.6. The molecule has 9 N–H and O–H groups in total. The summed E-state index contributed by atoms with van der Waals surface area (Å²) >= 11 is 0. The van der Waals surface area contributed by atoms with E-state index in [1.54, 1.807) is 52.2 Å². The van der Waals surface area contributed by atoms with Gasteiger partial charge >= 0.3 is 11.8 Å². The number of rotatable bonds is 22. The van der Waals surface area contributed by atoms with Crippen LogP contribution in [0.25, 0.3) is 11.0 Å². The van der Waals surface area contributed by atoms with Gasteiger partial charge in [-0.15, -0.1) is 0 Å². The first kappa shape index (κ1) is 48.5. The van der Waals surface area contributed by atoms with Gasteiger partial charge in [0.2, 0.25) is 23.6 Å². The monoisotopic (exact) mass is 851 g/mol. The summed E-state index contributed by atoms with van der Waals surface area (Å²) in [4.78, 5) is 74.5. The van der Waals surface area contributed by atoms with Gasteiger partial charge in [-0.3, -0.25) is 23.9 Å². The predicted molar refractivity (Wildman–Crippen MR) is 237 cm³/mol. The van der Waals surface area contributed by atoms with E-state index < -0.39 is 41.6 Å². The number of nitrogens with one attached hydrogen (secondary N) is 5. The smallest absolute Gasteiger partial charge is 0.408 e. The van der Waals surface area contributed by atoms with Crippen LogP contribution in [-0.2, 0) is 32.2 Å². The number of aromatic amines is 1. The SMILES string of the molecule is CCCCOc1cc2c([nH]c(=O)n2Cc2ccc(CN3CCC(CCNC(=O)[C@H](CCCCN)NC(=O)[C@H](C)NC(=O)[C@@H](NC(=O)OC(C)(C)C)C(C)C)CC3)cc2)c(N)n1. The maximum Gasteiger partial charge on any atom is 0.408 e. The van der Waals surface area contributed by atoms with E-state index in [2.05, 4.69) is 67.3 Å². The Hall–Kier alpha value is -5.16. The molecule has 17 nitrogen and oxygen atoms in total. The van der Waals surface area contributed by atoms with E-state index in [-0.39, 0.29) is 23.3 Å². The van der Waals surface area contributed by atoms with Crippen molar-refractivity contribution in [1.82, 2.24) is 40.7 Å². The Labute approximate surface area is 359 Å². The number of pyridine rings is 1. The van der Waals surface area contributed by atoms with E-state index in [9.17, 15) is 24.0 Å². The Morgan fingerprint density at radius 2 is 1.61 bits per heavy atom. The number of unbranched alkanes of at least 4 members (excludes halogenated alkanes) is 2. The normalized spacial score (nSPS) is 15.2. The minimum Gasteiger partial charge on any atom is -0.478 e. The van der Waals surface area contributed by atoms with Gasteiger partial charge < -0.3 is 47.2 Å². The van der Waals surface area contributed by atoms with Gasteiger partial charge in [0.05, 0.1) is 18.7 Å². The lowest BCUT2D eigenvalue weighted by molar-refractivity contribution is -0.132. The number of anilines is 1. The fraction of sp³-hybridized carbons (Fsp3) is 0.636. The van der Waals surface area contributed by atoms with Gasteiger partial charge in [-0.1, -0.05) is 51.5 Å². The third-order valence-corrected chi connectivity index (χ3v) is 10.8. The zero-order valence-corrected chi connectivity index (χ0v) is 37.2. The number of nitrogens with two attached hydrogens (primary N) is 2. The second kappa shape index (κ2) is 23.2. The molecule has 338 valence electrons. The molecule has 17 heteroatoms. The average molecular weight is 851 g/mol. The predicted octanol–water partition coefficient (Wildman–Crippen LogP) is 3.92. The zero-order chi connectivity index (χ0) is 44.7. The zero-order valence-electron chi connectivity index (χ0n) is 37.2. The van der Waals surface area contributed by atoms with Crippen molar-refractivity contribution < 1.29 is 28.7 Å². The van der Waals surface area contributed by atoms with Crippen LogP contribution in [0.4, 0.5) is 10.6 Å². The summed E-state index contributed by atoms with van der Waals surface area (Å²) < 4.78 is 12.7. The number of likely N-dealkylation sites (tertiary alicyclic amines) is 1. The lowest BCUT2D eigenvalue weighted by Crippen LogP contribution is -2.57. The molecule has 0 unspecified atom stereocenters. The Morgan fingerprint density at radius 3 is 2.23 bits per heavy atom. The molecule has 0 spiro atoms. The number of piperidine rings is 1. The summed E-state index contributed by atoms with van der Waals surface area (Å²) in [5.74, 6) is -0.476. The van der Waals surface area contributed by atoms with Crippen LogP contribution in [0.15, 0.2) is 35.1 Å². The largest absolute Gasteiger partial charge is 0.478 e. The molecular formula is C44H70N10O7. The molecule has 0 radical (unpaired) electrons. The first-order valence-electron chi connectivity index (χ1n) is 21.9. The van der Waals surface area contributed by atoms with Gasteiger partial charge in [0, 0.05) is 19.2 Å².